The van der Waals surface area contributed by atoms with E-state index in [-0.39, 0.29) is 11.9 Å². The molecule has 104 valence electrons. The summed E-state index contributed by atoms with van der Waals surface area (Å²) in [6.07, 6.45) is 1.64. The number of benzene rings is 1. The van der Waals surface area contributed by atoms with Crippen LogP contribution in [0, 0.1) is 16.3 Å². The highest BCUT2D eigenvalue weighted by Gasteiger charge is 2.20. The Kier molecular flexibility index (Phi) is 3.15. The lowest BCUT2D eigenvalue weighted by Crippen LogP contribution is -2.10. The molecule has 0 amide bonds. The Bertz CT molecular complexity index is 795. The first-order chi connectivity index (χ1) is 9.47. The Morgan fingerprint density at radius 1 is 1.45 bits per heavy atom. The van der Waals surface area contributed by atoms with Crippen molar-refractivity contribution >= 4 is 39.6 Å². The summed E-state index contributed by atoms with van der Waals surface area (Å²) in [4.78, 5) is 8.46. The van der Waals surface area contributed by atoms with Crippen LogP contribution in [0.15, 0.2) is 22.7 Å². The number of fused-ring (bicyclic) bond motifs is 1. The normalized spacial score (nSPS) is 13.0. The largest absolute Gasteiger partial charge is 0.444 e. The van der Waals surface area contributed by atoms with Crippen LogP contribution in [0.3, 0.4) is 0 Å². The van der Waals surface area contributed by atoms with Gasteiger partial charge >= 0.3 is 0 Å². The standard InChI is InChI=1S/C13H12FIN4O/c1-6-5-17-12(20-6)7(2)19-11-3-8(14)9(15)4-10(11)18-13(19)16/h3-5,7H,1-2H3,(H2,16,18). The zero-order chi connectivity index (χ0) is 14.4. The predicted molar refractivity (Wildman–Crippen MR) is 81.9 cm³/mol. The number of hydrogen-bond acceptors (Lipinski definition) is 4. The van der Waals surface area contributed by atoms with Crippen LogP contribution in [0.5, 0.6) is 0 Å². The van der Waals surface area contributed by atoms with Gasteiger partial charge in [-0.3, -0.25) is 4.57 Å². The molecule has 1 atom stereocenters. The van der Waals surface area contributed by atoms with Gasteiger partial charge in [-0.1, -0.05) is 0 Å². The van der Waals surface area contributed by atoms with Crippen molar-refractivity contribution in [3.05, 3.63) is 39.4 Å². The molecule has 0 spiro atoms. The number of nitrogens with zero attached hydrogens (tertiary/aromatic N) is 3. The fourth-order valence-corrected chi connectivity index (χ4v) is 2.64. The zero-order valence-corrected chi connectivity index (χ0v) is 13.1. The third-order valence-corrected chi connectivity index (χ3v) is 3.97. The summed E-state index contributed by atoms with van der Waals surface area (Å²) in [7, 11) is 0. The molecule has 0 saturated heterocycles. The summed E-state index contributed by atoms with van der Waals surface area (Å²) < 4.78 is 21.5. The lowest BCUT2D eigenvalue weighted by atomic mass is 10.2. The summed E-state index contributed by atoms with van der Waals surface area (Å²) in [5.41, 5.74) is 7.24. The minimum absolute atomic E-state index is 0.256. The molecule has 2 heterocycles. The number of rotatable bonds is 2. The van der Waals surface area contributed by atoms with Gasteiger partial charge in [-0.05, 0) is 42.5 Å². The van der Waals surface area contributed by atoms with Crippen LogP contribution in [0.2, 0.25) is 0 Å². The molecule has 1 aromatic carbocycles. The second-order valence-corrected chi connectivity index (χ2v) is 5.74. The van der Waals surface area contributed by atoms with Crippen LogP contribution >= 0.6 is 22.6 Å². The van der Waals surface area contributed by atoms with Gasteiger partial charge < -0.3 is 10.2 Å². The van der Waals surface area contributed by atoms with Crippen LogP contribution in [0.25, 0.3) is 11.0 Å². The molecule has 1 unspecified atom stereocenters. The van der Waals surface area contributed by atoms with Gasteiger partial charge in [0.2, 0.25) is 11.8 Å². The number of aromatic nitrogens is 3. The molecule has 0 aliphatic heterocycles. The number of nitrogens with two attached hydrogens (primary N) is 1. The molecule has 3 aromatic rings. The van der Waals surface area contributed by atoms with E-state index in [9.17, 15) is 4.39 Å². The molecule has 0 aliphatic carbocycles. The molecule has 3 rings (SSSR count). The second-order valence-electron chi connectivity index (χ2n) is 4.58. The van der Waals surface area contributed by atoms with Gasteiger partial charge in [0.15, 0.2) is 0 Å². The van der Waals surface area contributed by atoms with Crippen molar-refractivity contribution in [1.29, 1.82) is 0 Å². The maximum Gasteiger partial charge on any atom is 0.217 e. The van der Waals surface area contributed by atoms with E-state index in [1.54, 1.807) is 16.8 Å². The number of halogens is 2. The monoisotopic (exact) mass is 386 g/mol. The Morgan fingerprint density at radius 2 is 2.20 bits per heavy atom. The van der Waals surface area contributed by atoms with E-state index in [4.69, 9.17) is 10.2 Å². The molecule has 0 saturated carbocycles. The van der Waals surface area contributed by atoms with Crippen LogP contribution in [0.1, 0.15) is 24.6 Å². The van der Waals surface area contributed by atoms with Gasteiger partial charge in [-0.15, -0.1) is 0 Å². The summed E-state index contributed by atoms with van der Waals surface area (Å²) >= 11 is 1.93. The molecular formula is C13H12FIN4O. The van der Waals surface area contributed by atoms with Crippen molar-refractivity contribution in [3.63, 3.8) is 0 Å². The molecule has 2 N–H and O–H groups in total. The Balaban J connectivity index is 2.20. The van der Waals surface area contributed by atoms with E-state index < -0.39 is 0 Å². The molecule has 0 bridgehead atoms. The van der Waals surface area contributed by atoms with Crippen molar-refractivity contribution in [2.75, 3.05) is 5.73 Å². The van der Waals surface area contributed by atoms with Gasteiger partial charge in [-0.2, -0.15) is 0 Å². The molecule has 7 heteroatoms. The number of nitrogen functional groups attached to an aromatic ring is 1. The minimum atomic E-state index is -0.296. The zero-order valence-electron chi connectivity index (χ0n) is 10.9. The predicted octanol–water partition coefficient (Wildman–Crippen LogP) is 3.27. The van der Waals surface area contributed by atoms with Crippen LogP contribution in [0.4, 0.5) is 10.3 Å². The first-order valence-electron chi connectivity index (χ1n) is 6.02. The molecule has 0 fully saturated rings. The lowest BCUT2D eigenvalue weighted by Gasteiger charge is -2.12. The van der Waals surface area contributed by atoms with Crippen LogP contribution in [-0.2, 0) is 0 Å². The SMILES string of the molecule is Cc1cnc(C(C)n2c(N)nc3cc(I)c(F)cc32)o1. The van der Waals surface area contributed by atoms with E-state index in [0.29, 0.717) is 26.4 Å². The topological polar surface area (TPSA) is 69.9 Å². The molecular weight excluding hydrogens is 374 g/mol. The van der Waals surface area contributed by atoms with E-state index >= 15 is 0 Å². The number of imidazole rings is 1. The minimum Gasteiger partial charge on any atom is -0.444 e. The van der Waals surface area contributed by atoms with Crippen molar-refractivity contribution in [2.45, 2.75) is 19.9 Å². The summed E-state index contributed by atoms with van der Waals surface area (Å²) in [6.45, 7) is 3.71. The number of oxazole rings is 1. The summed E-state index contributed by atoms with van der Waals surface area (Å²) in [6, 6.07) is 2.85. The highest BCUT2D eigenvalue weighted by molar-refractivity contribution is 14.1. The first-order valence-corrected chi connectivity index (χ1v) is 7.10. The summed E-state index contributed by atoms with van der Waals surface area (Å²) in [5.74, 6) is 1.25. The van der Waals surface area contributed by atoms with E-state index in [2.05, 4.69) is 9.97 Å². The van der Waals surface area contributed by atoms with Gasteiger partial charge in [0.25, 0.3) is 0 Å². The highest BCUT2D eigenvalue weighted by atomic mass is 127. The Labute approximate surface area is 128 Å². The van der Waals surface area contributed by atoms with Gasteiger partial charge in [0.05, 0.1) is 20.8 Å². The third-order valence-electron chi connectivity index (χ3n) is 3.14. The maximum atomic E-state index is 13.8. The van der Waals surface area contributed by atoms with Crippen molar-refractivity contribution < 1.29 is 8.81 Å². The quantitative estimate of drug-likeness (QED) is 0.687. The van der Waals surface area contributed by atoms with E-state index in [1.165, 1.54) is 6.07 Å². The lowest BCUT2D eigenvalue weighted by molar-refractivity contribution is 0.421. The van der Waals surface area contributed by atoms with Gasteiger partial charge in [-0.25, -0.2) is 14.4 Å². The Morgan fingerprint density at radius 3 is 2.85 bits per heavy atom. The van der Waals surface area contributed by atoms with Crippen molar-refractivity contribution in [1.82, 2.24) is 14.5 Å². The average molecular weight is 386 g/mol. The fourth-order valence-electron chi connectivity index (χ4n) is 2.19. The number of aryl methyl sites for hydroxylation is 1. The van der Waals surface area contributed by atoms with E-state index in [1.807, 2.05) is 36.4 Å². The Hall–Kier alpha value is -1.64. The molecule has 0 radical (unpaired) electrons. The molecule has 0 aliphatic rings. The molecule has 5 nitrogen and oxygen atoms in total. The van der Waals surface area contributed by atoms with Crippen LogP contribution < -0.4 is 5.73 Å². The number of hydrogen-bond donors (Lipinski definition) is 1. The van der Waals surface area contributed by atoms with Gasteiger partial charge in [0.1, 0.15) is 17.6 Å². The first kappa shape index (κ1) is 13.3. The smallest absolute Gasteiger partial charge is 0.217 e. The van der Waals surface area contributed by atoms with Crippen molar-refractivity contribution in [2.24, 2.45) is 0 Å². The van der Waals surface area contributed by atoms with Crippen molar-refractivity contribution in [3.8, 4) is 0 Å². The average Bonchev–Trinajstić information content (AvgIpc) is 2.93. The second kappa shape index (κ2) is 4.72. The van der Waals surface area contributed by atoms with E-state index in [0.717, 1.165) is 5.76 Å². The fraction of sp³-hybridized carbons (Fsp3) is 0.231. The third kappa shape index (κ3) is 2.05. The summed E-state index contributed by atoms with van der Waals surface area (Å²) in [5, 5.41) is 0. The number of anilines is 1. The molecule has 20 heavy (non-hydrogen) atoms. The van der Waals surface area contributed by atoms with Gasteiger partial charge in [0, 0.05) is 6.07 Å². The maximum absolute atomic E-state index is 13.8. The van der Waals surface area contributed by atoms with Crippen LogP contribution in [-0.4, -0.2) is 14.5 Å². The highest BCUT2D eigenvalue weighted by Crippen LogP contribution is 2.29. The molecule has 2 aromatic heterocycles.